The molecule has 6 heteroatoms. The monoisotopic (exact) mass is 292 g/mol. The Kier molecular flexibility index (Phi) is 4.65. The zero-order chi connectivity index (χ0) is 15.5. The number of amides is 1. The Morgan fingerprint density at radius 1 is 1.33 bits per heavy atom. The number of ether oxygens (including phenoxy) is 1. The average Bonchev–Trinajstić information content (AvgIpc) is 2.46. The molecular formula is C15H24N4O2. The number of anilines is 1. The first-order valence-corrected chi connectivity index (χ1v) is 7.33. The van der Waals surface area contributed by atoms with E-state index in [9.17, 15) is 4.79 Å². The van der Waals surface area contributed by atoms with Gasteiger partial charge in [-0.05, 0) is 33.6 Å². The van der Waals surface area contributed by atoms with Crippen molar-refractivity contribution in [2.45, 2.75) is 45.3 Å². The smallest absolute Gasteiger partial charge is 0.410 e. The number of rotatable bonds is 2. The summed E-state index contributed by atoms with van der Waals surface area (Å²) in [6, 6.07) is 0.216. The molecule has 0 spiro atoms. The van der Waals surface area contributed by atoms with Gasteiger partial charge >= 0.3 is 6.09 Å². The van der Waals surface area contributed by atoms with Crippen molar-refractivity contribution in [1.29, 1.82) is 0 Å². The molecule has 21 heavy (non-hydrogen) atoms. The number of aromatic nitrogens is 2. The van der Waals surface area contributed by atoms with Crippen molar-refractivity contribution in [3.8, 4) is 0 Å². The Hall–Kier alpha value is -1.85. The van der Waals surface area contributed by atoms with Crippen molar-refractivity contribution in [2.24, 2.45) is 0 Å². The maximum atomic E-state index is 12.1. The molecular weight excluding hydrogens is 268 g/mol. The third kappa shape index (κ3) is 4.31. The largest absolute Gasteiger partial charge is 0.444 e. The highest BCUT2D eigenvalue weighted by molar-refractivity contribution is 5.68. The number of carbonyl (C=O) groups is 1. The van der Waals surface area contributed by atoms with Gasteiger partial charge in [-0.2, -0.15) is 0 Å². The lowest BCUT2D eigenvalue weighted by Gasteiger charge is -2.37. The summed E-state index contributed by atoms with van der Waals surface area (Å²) >= 11 is 0. The van der Waals surface area contributed by atoms with E-state index < -0.39 is 5.60 Å². The fourth-order valence-corrected chi connectivity index (χ4v) is 2.42. The van der Waals surface area contributed by atoms with Gasteiger partial charge in [0.05, 0.1) is 6.20 Å². The molecule has 6 nitrogen and oxygen atoms in total. The maximum Gasteiger partial charge on any atom is 0.410 e. The van der Waals surface area contributed by atoms with E-state index in [0.29, 0.717) is 0 Å². The maximum absolute atomic E-state index is 12.1. The fraction of sp³-hybridized carbons (Fsp3) is 0.667. The summed E-state index contributed by atoms with van der Waals surface area (Å²) < 4.78 is 5.42. The SMILES string of the molecule is CN(C(=O)OC(C)(C)C)C1CCN(c2cnccn2)CC1. The van der Waals surface area contributed by atoms with Crippen LogP contribution in [0.3, 0.4) is 0 Å². The fourth-order valence-electron chi connectivity index (χ4n) is 2.42. The van der Waals surface area contributed by atoms with Crippen molar-refractivity contribution in [3.05, 3.63) is 18.6 Å². The van der Waals surface area contributed by atoms with Gasteiger partial charge in [0.25, 0.3) is 0 Å². The first-order valence-electron chi connectivity index (χ1n) is 7.33. The molecule has 1 amide bonds. The molecule has 1 saturated heterocycles. The van der Waals surface area contributed by atoms with Crippen LogP contribution >= 0.6 is 0 Å². The molecule has 2 rings (SSSR count). The molecule has 1 aliphatic heterocycles. The van der Waals surface area contributed by atoms with Crippen LogP contribution in [0.1, 0.15) is 33.6 Å². The second-order valence-electron chi connectivity index (χ2n) is 6.37. The minimum Gasteiger partial charge on any atom is -0.444 e. The standard InChI is InChI=1S/C15H24N4O2/c1-15(2,3)21-14(20)18(4)12-5-9-19(10-6-12)13-11-16-7-8-17-13/h7-8,11-12H,5-6,9-10H2,1-4H3. The number of hydrogen-bond donors (Lipinski definition) is 0. The van der Waals surface area contributed by atoms with E-state index in [1.807, 2.05) is 27.8 Å². The lowest BCUT2D eigenvalue weighted by Crippen LogP contribution is -2.47. The molecule has 2 heterocycles. The Labute approximate surface area is 126 Å². The van der Waals surface area contributed by atoms with Gasteiger partial charge in [-0.3, -0.25) is 4.98 Å². The minimum absolute atomic E-state index is 0.216. The lowest BCUT2D eigenvalue weighted by atomic mass is 10.0. The van der Waals surface area contributed by atoms with Crippen LogP contribution in [0.25, 0.3) is 0 Å². The first-order chi connectivity index (χ1) is 9.87. The van der Waals surface area contributed by atoms with E-state index in [1.54, 1.807) is 23.5 Å². The molecule has 1 fully saturated rings. The topological polar surface area (TPSA) is 58.6 Å². The molecule has 0 saturated carbocycles. The Bertz CT molecular complexity index is 464. The van der Waals surface area contributed by atoms with Crippen LogP contribution in [0.5, 0.6) is 0 Å². The van der Waals surface area contributed by atoms with E-state index in [4.69, 9.17) is 4.74 Å². The van der Waals surface area contributed by atoms with E-state index in [0.717, 1.165) is 31.7 Å². The minimum atomic E-state index is -0.453. The van der Waals surface area contributed by atoms with Crippen LogP contribution in [0, 0.1) is 0 Å². The summed E-state index contributed by atoms with van der Waals surface area (Å²) in [5, 5.41) is 0. The summed E-state index contributed by atoms with van der Waals surface area (Å²) in [7, 11) is 1.82. The van der Waals surface area contributed by atoms with Crippen molar-refractivity contribution in [3.63, 3.8) is 0 Å². The molecule has 1 aromatic rings. The molecule has 0 unspecified atom stereocenters. The quantitative estimate of drug-likeness (QED) is 0.837. The van der Waals surface area contributed by atoms with E-state index in [2.05, 4.69) is 14.9 Å². The first kappa shape index (κ1) is 15.5. The molecule has 0 N–H and O–H groups in total. The van der Waals surface area contributed by atoms with Gasteiger partial charge in [0.1, 0.15) is 11.4 Å². The van der Waals surface area contributed by atoms with Gasteiger partial charge in [-0.25, -0.2) is 9.78 Å². The third-order valence-electron chi connectivity index (χ3n) is 3.57. The second kappa shape index (κ2) is 6.28. The third-order valence-corrected chi connectivity index (χ3v) is 3.57. The second-order valence-corrected chi connectivity index (χ2v) is 6.37. The van der Waals surface area contributed by atoms with Crippen LogP contribution in [0.4, 0.5) is 10.6 Å². The Balaban J connectivity index is 1.87. The summed E-state index contributed by atoms with van der Waals surface area (Å²) in [5.41, 5.74) is -0.453. The van der Waals surface area contributed by atoms with Crippen LogP contribution < -0.4 is 4.90 Å². The van der Waals surface area contributed by atoms with Crippen LogP contribution in [-0.2, 0) is 4.74 Å². The van der Waals surface area contributed by atoms with Crippen LogP contribution in [-0.4, -0.2) is 52.7 Å². The lowest BCUT2D eigenvalue weighted by molar-refractivity contribution is 0.0201. The summed E-state index contributed by atoms with van der Waals surface area (Å²) in [5.74, 6) is 0.899. The van der Waals surface area contributed by atoms with E-state index in [1.165, 1.54) is 0 Å². The van der Waals surface area contributed by atoms with Gasteiger partial charge in [0, 0.05) is 38.6 Å². The number of hydrogen-bond acceptors (Lipinski definition) is 5. The Morgan fingerprint density at radius 3 is 2.52 bits per heavy atom. The van der Waals surface area contributed by atoms with Gasteiger partial charge in [-0.15, -0.1) is 0 Å². The van der Waals surface area contributed by atoms with E-state index in [-0.39, 0.29) is 12.1 Å². The predicted octanol–water partition coefficient (Wildman–Crippen LogP) is 2.31. The zero-order valence-corrected chi connectivity index (χ0v) is 13.2. The Morgan fingerprint density at radius 2 is 2.00 bits per heavy atom. The van der Waals surface area contributed by atoms with Gasteiger partial charge < -0.3 is 14.5 Å². The highest BCUT2D eigenvalue weighted by Crippen LogP contribution is 2.21. The molecule has 0 bridgehead atoms. The van der Waals surface area contributed by atoms with Crippen molar-refractivity contribution < 1.29 is 9.53 Å². The number of piperidine rings is 1. The van der Waals surface area contributed by atoms with Crippen LogP contribution in [0.2, 0.25) is 0 Å². The zero-order valence-electron chi connectivity index (χ0n) is 13.2. The summed E-state index contributed by atoms with van der Waals surface area (Å²) in [4.78, 5) is 24.4. The van der Waals surface area contributed by atoms with Crippen LogP contribution in [0.15, 0.2) is 18.6 Å². The van der Waals surface area contributed by atoms with Crippen molar-refractivity contribution >= 4 is 11.9 Å². The normalized spacial score (nSPS) is 16.7. The highest BCUT2D eigenvalue weighted by atomic mass is 16.6. The molecule has 1 aromatic heterocycles. The average molecular weight is 292 g/mol. The van der Waals surface area contributed by atoms with E-state index >= 15 is 0 Å². The predicted molar refractivity (Wildman–Crippen MR) is 81.3 cm³/mol. The molecule has 0 aromatic carbocycles. The number of nitrogens with zero attached hydrogens (tertiary/aromatic N) is 4. The highest BCUT2D eigenvalue weighted by Gasteiger charge is 2.28. The van der Waals surface area contributed by atoms with Gasteiger partial charge in [0.2, 0.25) is 0 Å². The molecule has 1 aliphatic rings. The number of carbonyl (C=O) groups excluding carboxylic acids is 1. The van der Waals surface area contributed by atoms with Crippen molar-refractivity contribution in [1.82, 2.24) is 14.9 Å². The summed E-state index contributed by atoms with van der Waals surface area (Å²) in [6.45, 7) is 7.40. The van der Waals surface area contributed by atoms with Gasteiger partial charge in [0.15, 0.2) is 0 Å². The molecule has 0 aliphatic carbocycles. The molecule has 0 radical (unpaired) electrons. The van der Waals surface area contributed by atoms with Gasteiger partial charge in [-0.1, -0.05) is 0 Å². The molecule has 0 atom stereocenters. The molecule has 116 valence electrons. The van der Waals surface area contributed by atoms with Crippen molar-refractivity contribution in [2.75, 3.05) is 25.0 Å². The summed E-state index contributed by atoms with van der Waals surface area (Å²) in [6.07, 6.45) is 6.72.